The van der Waals surface area contributed by atoms with Gasteiger partial charge in [-0.25, -0.2) is 4.98 Å². The normalized spacial score (nSPS) is 13.8. The molecule has 0 unspecified atom stereocenters. The molecule has 1 amide bonds. The molecule has 0 atom stereocenters. The van der Waals surface area contributed by atoms with Gasteiger partial charge in [0.1, 0.15) is 5.69 Å². The quantitative estimate of drug-likeness (QED) is 0.803. The molecule has 1 aliphatic carbocycles. The lowest BCUT2D eigenvalue weighted by atomic mass is 10.3. The first-order valence-corrected chi connectivity index (χ1v) is 5.35. The molecular formula is C11H17N3O. The molecule has 4 nitrogen and oxygen atoms in total. The Morgan fingerprint density at radius 1 is 1.33 bits per heavy atom. The van der Waals surface area contributed by atoms with Gasteiger partial charge in [0.15, 0.2) is 0 Å². The molecule has 0 bridgehead atoms. The van der Waals surface area contributed by atoms with E-state index in [0.717, 1.165) is 5.69 Å². The van der Waals surface area contributed by atoms with Crippen molar-refractivity contribution < 1.29 is 4.79 Å². The minimum Gasteiger partial charge on any atom is -0.354 e. The summed E-state index contributed by atoms with van der Waals surface area (Å²) in [6.45, 7) is 4.00. The molecule has 1 aromatic heterocycles. The van der Waals surface area contributed by atoms with E-state index in [-0.39, 0.29) is 5.91 Å². The van der Waals surface area contributed by atoms with Crippen LogP contribution in [0.4, 0.5) is 0 Å². The zero-order valence-corrected chi connectivity index (χ0v) is 9.45. The summed E-state index contributed by atoms with van der Waals surface area (Å²) in [6, 6.07) is 0. The molecule has 0 spiro atoms. The summed E-state index contributed by atoms with van der Waals surface area (Å²) in [5.41, 5.74) is 1.39. The van der Waals surface area contributed by atoms with Crippen molar-refractivity contribution in [3.63, 3.8) is 0 Å². The highest BCUT2D eigenvalue weighted by atomic mass is 16.1. The molecule has 1 aromatic rings. The molecule has 1 N–H and O–H groups in total. The monoisotopic (exact) mass is 207 g/mol. The SMILES string of the molecule is CC.CNC(=O)c1cnc(C2CC2)cn1. The van der Waals surface area contributed by atoms with Crippen LogP contribution < -0.4 is 5.32 Å². The highest BCUT2D eigenvalue weighted by Crippen LogP contribution is 2.38. The molecule has 0 aliphatic heterocycles. The van der Waals surface area contributed by atoms with Crippen molar-refractivity contribution in [1.82, 2.24) is 15.3 Å². The zero-order valence-electron chi connectivity index (χ0n) is 9.45. The average Bonchev–Trinajstić information content (AvgIpc) is 3.15. The average molecular weight is 207 g/mol. The Bertz CT molecular complexity index is 317. The smallest absolute Gasteiger partial charge is 0.271 e. The number of nitrogens with one attached hydrogen (secondary N) is 1. The molecule has 4 heteroatoms. The Kier molecular flexibility index (Phi) is 4.21. The standard InChI is InChI=1S/C9H11N3O.C2H6/c1-10-9(13)8-5-11-7(4-12-8)6-2-3-6;1-2/h4-6H,2-3H2,1H3,(H,10,13);1-2H3. The first-order valence-electron chi connectivity index (χ1n) is 5.35. The van der Waals surface area contributed by atoms with E-state index in [9.17, 15) is 4.79 Å². The van der Waals surface area contributed by atoms with Crippen LogP contribution in [0, 0.1) is 0 Å². The van der Waals surface area contributed by atoms with Crippen LogP contribution in [0.15, 0.2) is 12.4 Å². The van der Waals surface area contributed by atoms with Gasteiger partial charge in [-0.05, 0) is 12.8 Å². The minimum absolute atomic E-state index is 0.185. The van der Waals surface area contributed by atoms with Crippen LogP contribution in [-0.4, -0.2) is 22.9 Å². The van der Waals surface area contributed by atoms with Crippen LogP contribution in [0.3, 0.4) is 0 Å². The summed E-state index contributed by atoms with van der Waals surface area (Å²) in [6.07, 6.45) is 5.64. The maximum atomic E-state index is 11.1. The molecule has 2 rings (SSSR count). The molecule has 0 aromatic carbocycles. The first kappa shape index (κ1) is 11.6. The molecule has 82 valence electrons. The van der Waals surface area contributed by atoms with Gasteiger partial charge in [-0.15, -0.1) is 0 Å². The van der Waals surface area contributed by atoms with Gasteiger partial charge in [0, 0.05) is 19.2 Å². The van der Waals surface area contributed by atoms with E-state index in [1.54, 1.807) is 13.2 Å². The summed E-state index contributed by atoms with van der Waals surface area (Å²) in [5, 5.41) is 2.50. The Balaban J connectivity index is 0.000000531. The fraction of sp³-hybridized carbons (Fsp3) is 0.545. The predicted molar refractivity (Wildman–Crippen MR) is 58.7 cm³/mol. The highest BCUT2D eigenvalue weighted by Gasteiger charge is 2.25. The molecule has 1 heterocycles. The van der Waals surface area contributed by atoms with E-state index in [0.29, 0.717) is 11.6 Å². The van der Waals surface area contributed by atoms with Gasteiger partial charge in [0.25, 0.3) is 5.91 Å². The van der Waals surface area contributed by atoms with E-state index < -0.39 is 0 Å². The van der Waals surface area contributed by atoms with Crippen LogP contribution in [0.2, 0.25) is 0 Å². The van der Waals surface area contributed by atoms with Gasteiger partial charge >= 0.3 is 0 Å². The van der Waals surface area contributed by atoms with Crippen LogP contribution in [0.1, 0.15) is 48.8 Å². The Morgan fingerprint density at radius 3 is 2.40 bits per heavy atom. The lowest BCUT2D eigenvalue weighted by Gasteiger charge is -1.99. The fourth-order valence-electron chi connectivity index (χ4n) is 1.17. The summed E-state index contributed by atoms with van der Waals surface area (Å²) in [5.74, 6) is 0.404. The van der Waals surface area contributed by atoms with Crippen LogP contribution in [0.5, 0.6) is 0 Å². The van der Waals surface area contributed by atoms with Crippen molar-refractivity contribution in [3.05, 3.63) is 23.8 Å². The van der Waals surface area contributed by atoms with Gasteiger partial charge in [-0.1, -0.05) is 13.8 Å². The Hall–Kier alpha value is -1.45. The van der Waals surface area contributed by atoms with Crippen molar-refractivity contribution in [2.75, 3.05) is 7.05 Å². The lowest BCUT2D eigenvalue weighted by Crippen LogP contribution is -2.19. The minimum atomic E-state index is -0.185. The number of hydrogen-bond acceptors (Lipinski definition) is 3. The largest absolute Gasteiger partial charge is 0.354 e. The number of aromatic nitrogens is 2. The van der Waals surface area contributed by atoms with Crippen molar-refractivity contribution >= 4 is 5.91 Å². The molecule has 1 saturated carbocycles. The van der Waals surface area contributed by atoms with Crippen molar-refractivity contribution in [1.29, 1.82) is 0 Å². The summed E-state index contributed by atoms with van der Waals surface area (Å²) < 4.78 is 0. The number of carbonyl (C=O) groups excluding carboxylic acids is 1. The first-order chi connectivity index (χ1) is 7.31. The van der Waals surface area contributed by atoms with E-state index >= 15 is 0 Å². The number of nitrogens with zero attached hydrogens (tertiary/aromatic N) is 2. The molecule has 1 aliphatic rings. The van der Waals surface area contributed by atoms with Crippen LogP contribution in [0.25, 0.3) is 0 Å². The van der Waals surface area contributed by atoms with E-state index in [1.807, 2.05) is 13.8 Å². The fourth-order valence-corrected chi connectivity index (χ4v) is 1.17. The van der Waals surface area contributed by atoms with Crippen molar-refractivity contribution in [3.8, 4) is 0 Å². The summed E-state index contributed by atoms with van der Waals surface area (Å²) in [4.78, 5) is 19.3. The van der Waals surface area contributed by atoms with E-state index in [1.165, 1.54) is 19.0 Å². The third kappa shape index (κ3) is 3.01. The summed E-state index contributed by atoms with van der Waals surface area (Å²) >= 11 is 0. The van der Waals surface area contributed by atoms with Gasteiger partial charge in [-0.3, -0.25) is 9.78 Å². The van der Waals surface area contributed by atoms with Gasteiger partial charge < -0.3 is 5.32 Å². The molecule has 0 radical (unpaired) electrons. The van der Waals surface area contributed by atoms with E-state index in [2.05, 4.69) is 15.3 Å². The topological polar surface area (TPSA) is 54.9 Å². The molecule has 15 heavy (non-hydrogen) atoms. The highest BCUT2D eigenvalue weighted by molar-refractivity contribution is 5.91. The summed E-state index contributed by atoms with van der Waals surface area (Å²) in [7, 11) is 1.58. The second kappa shape index (κ2) is 5.44. The second-order valence-electron chi connectivity index (χ2n) is 3.18. The lowest BCUT2D eigenvalue weighted by molar-refractivity contribution is 0.0957. The molecule has 1 fully saturated rings. The van der Waals surface area contributed by atoms with Crippen molar-refractivity contribution in [2.45, 2.75) is 32.6 Å². The van der Waals surface area contributed by atoms with Crippen molar-refractivity contribution in [2.24, 2.45) is 0 Å². The third-order valence-corrected chi connectivity index (χ3v) is 2.13. The predicted octanol–water partition coefficient (Wildman–Crippen LogP) is 1.74. The van der Waals surface area contributed by atoms with Gasteiger partial charge in [0.2, 0.25) is 0 Å². The maximum absolute atomic E-state index is 11.1. The number of rotatable bonds is 2. The van der Waals surface area contributed by atoms with E-state index in [4.69, 9.17) is 0 Å². The Labute approximate surface area is 90.1 Å². The molecular weight excluding hydrogens is 190 g/mol. The van der Waals surface area contributed by atoms with Gasteiger partial charge in [-0.2, -0.15) is 0 Å². The second-order valence-corrected chi connectivity index (χ2v) is 3.18. The third-order valence-electron chi connectivity index (χ3n) is 2.13. The van der Waals surface area contributed by atoms with Crippen LogP contribution >= 0.6 is 0 Å². The maximum Gasteiger partial charge on any atom is 0.271 e. The zero-order chi connectivity index (χ0) is 11.3. The number of amides is 1. The van der Waals surface area contributed by atoms with Gasteiger partial charge in [0.05, 0.1) is 11.9 Å². The number of carbonyl (C=O) groups is 1. The molecule has 0 saturated heterocycles. The Morgan fingerprint density at radius 2 is 2.00 bits per heavy atom. The van der Waals surface area contributed by atoms with Crippen LogP contribution in [-0.2, 0) is 0 Å². The number of hydrogen-bond donors (Lipinski definition) is 1.